The summed E-state index contributed by atoms with van der Waals surface area (Å²) in [6.07, 6.45) is 11.3. The number of hydrogen-bond donors (Lipinski definition) is 1. The fourth-order valence-corrected chi connectivity index (χ4v) is 5.04. The van der Waals surface area contributed by atoms with Crippen LogP contribution < -0.4 is 5.32 Å². The zero-order chi connectivity index (χ0) is 18.9. The maximum Gasteiger partial charge on any atom is 0.170 e. The van der Waals surface area contributed by atoms with Crippen molar-refractivity contribution in [3.63, 3.8) is 0 Å². The van der Waals surface area contributed by atoms with Crippen molar-refractivity contribution in [1.29, 1.82) is 0 Å². The average molecular weight is 389 g/mol. The van der Waals surface area contributed by atoms with Crippen molar-refractivity contribution in [2.75, 3.05) is 0 Å². The van der Waals surface area contributed by atoms with Gasteiger partial charge in [-0.1, -0.05) is 37.1 Å². The Bertz CT molecular complexity index is 947. The van der Waals surface area contributed by atoms with Gasteiger partial charge in [0.25, 0.3) is 0 Å². The molecule has 1 aliphatic carbocycles. The van der Waals surface area contributed by atoms with Crippen LogP contribution >= 0.6 is 12.2 Å². The van der Waals surface area contributed by atoms with Gasteiger partial charge in [0.2, 0.25) is 0 Å². The molecule has 2 aliphatic rings. The molecule has 2 atom stereocenters. The number of thiocarbonyl (C=S) groups is 1. The van der Waals surface area contributed by atoms with Gasteiger partial charge < -0.3 is 14.8 Å². The van der Waals surface area contributed by atoms with Gasteiger partial charge in [-0.2, -0.15) is 0 Å². The molecule has 28 heavy (non-hydrogen) atoms. The van der Waals surface area contributed by atoms with Crippen molar-refractivity contribution < 1.29 is 0 Å². The molecule has 142 valence electrons. The van der Waals surface area contributed by atoms with Gasteiger partial charge in [-0.05, 0) is 61.0 Å². The third-order valence-electron chi connectivity index (χ3n) is 5.97. The summed E-state index contributed by atoms with van der Waals surface area (Å²) in [7, 11) is 0. The monoisotopic (exact) mass is 388 g/mol. The van der Waals surface area contributed by atoms with Crippen LogP contribution in [0.4, 0.5) is 0 Å². The predicted octanol–water partition coefficient (Wildman–Crippen LogP) is 4.79. The molecule has 4 nitrogen and oxygen atoms in total. The third kappa shape index (κ3) is 3.10. The maximum absolute atomic E-state index is 5.81. The largest absolute Gasteiger partial charge is 0.352 e. The Labute approximate surface area is 171 Å². The SMILES string of the molecule is S=C1N[C@H](c2ccccn2)[C@@H](c2ccn(-c3ccccc3)c2)N1C1CCCC1. The van der Waals surface area contributed by atoms with E-state index < -0.39 is 0 Å². The molecule has 0 amide bonds. The highest BCUT2D eigenvalue weighted by Crippen LogP contribution is 2.43. The van der Waals surface area contributed by atoms with Crippen LogP contribution in [-0.4, -0.2) is 25.6 Å². The van der Waals surface area contributed by atoms with Crippen LogP contribution in [0.25, 0.3) is 5.69 Å². The quantitative estimate of drug-likeness (QED) is 0.652. The second kappa shape index (κ2) is 7.40. The molecule has 1 N–H and O–H groups in total. The topological polar surface area (TPSA) is 33.1 Å². The van der Waals surface area contributed by atoms with Crippen LogP contribution in [0.2, 0.25) is 0 Å². The Kier molecular flexibility index (Phi) is 4.61. The van der Waals surface area contributed by atoms with Crippen LogP contribution in [-0.2, 0) is 0 Å². The molecule has 3 heterocycles. The van der Waals surface area contributed by atoms with Crippen molar-refractivity contribution in [1.82, 2.24) is 19.8 Å². The molecule has 3 aromatic rings. The summed E-state index contributed by atoms with van der Waals surface area (Å²) in [5.41, 5.74) is 3.49. The van der Waals surface area contributed by atoms with Gasteiger partial charge in [0.15, 0.2) is 5.11 Å². The smallest absolute Gasteiger partial charge is 0.170 e. The summed E-state index contributed by atoms with van der Waals surface area (Å²) in [6.45, 7) is 0. The number of benzene rings is 1. The second-order valence-electron chi connectivity index (χ2n) is 7.66. The molecule has 1 saturated heterocycles. The van der Waals surface area contributed by atoms with E-state index in [1.54, 1.807) is 0 Å². The summed E-state index contributed by atoms with van der Waals surface area (Å²) >= 11 is 5.81. The highest BCUT2D eigenvalue weighted by atomic mass is 32.1. The van der Waals surface area contributed by atoms with E-state index in [9.17, 15) is 0 Å². The van der Waals surface area contributed by atoms with Crippen molar-refractivity contribution in [3.8, 4) is 5.69 Å². The first-order valence-corrected chi connectivity index (χ1v) is 10.5. The van der Waals surface area contributed by atoms with Crippen molar-refractivity contribution in [2.24, 2.45) is 0 Å². The molecular weight excluding hydrogens is 364 g/mol. The minimum atomic E-state index is 0.0703. The highest BCUT2D eigenvalue weighted by Gasteiger charge is 2.43. The van der Waals surface area contributed by atoms with E-state index in [1.807, 2.05) is 18.3 Å². The zero-order valence-corrected chi connectivity index (χ0v) is 16.6. The van der Waals surface area contributed by atoms with Gasteiger partial charge in [-0.3, -0.25) is 4.98 Å². The lowest BCUT2D eigenvalue weighted by Crippen LogP contribution is -2.37. The molecule has 1 saturated carbocycles. The third-order valence-corrected chi connectivity index (χ3v) is 6.29. The number of hydrogen-bond acceptors (Lipinski definition) is 2. The summed E-state index contributed by atoms with van der Waals surface area (Å²) in [6, 6.07) is 19.5. The molecule has 5 rings (SSSR count). The Morgan fingerprint density at radius 2 is 1.75 bits per heavy atom. The Morgan fingerprint density at radius 1 is 0.964 bits per heavy atom. The zero-order valence-electron chi connectivity index (χ0n) is 15.7. The highest BCUT2D eigenvalue weighted by molar-refractivity contribution is 7.80. The summed E-state index contributed by atoms with van der Waals surface area (Å²) in [5.74, 6) is 0. The number of pyridine rings is 1. The van der Waals surface area contributed by atoms with E-state index >= 15 is 0 Å². The van der Waals surface area contributed by atoms with Crippen molar-refractivity contribution >= 4 is 17.3 Å². The molecule has 5 heteroatoms. The van der Waals surface area contributed by atoms with E-state index in [2.05, 4.69) is 74.6 Å². The van der Waals surface area contributed by atoms with E-state index in [0.29, 0.717) is 6.04 Å². The lowest BCUT2D eigenvalue weighted by Gasteiger charge is -2.32. The van der Waals surface area contributed by atoms with Crippen LogP contribution in [0.1, 0.15) is 49.0 Å². The maximum atomic E-state index is 5.81. The van der Waals surface area contributed by atoms with E-state index in [0.717, 1.165) is 10.8 Å². The number of para-hydroxylation sites is 1. The number of aromatic nitrogens is 2. The van der Waals surface area contributed by atoms with Gasteiger partial charge in [0.1, 0.15) is 0 Å². The first-order chi connectivity index (χ1) is 13.8. The minimum Gasteiger partial charge on any atom is -0.352 e. The van der Waals surface area contributed by atoms with Gasteiger partial charge in [-0.15, -0.1) is 0 Å². The number of rotatable bonds is 4. The van der Waals surface area contributed by atoms with Gasteiger partial charge in [0, 0.05) is 30.3 Å². The number of nitrogens with zero attached hydrogens (tertiary/aromatic N) is 3. The summed E-state index contributed by atoms with van der Waals surface area (Å²) < 4.78 is 2.19. The van der Waals surface area contributed by atoms with Crippen LogP contribution in [0, 0.1) is 0 Å². The number of nitrogens with one attached hydrogen (secondary N) is 1. The van der Waals surface area contributed by atoms with Crippen LogP contribution in [0.3, 0.4) is 0 Å². The lowest BCUT2D eigenvalue weighted by atomic mass is 9.97. The fourth-order valence-electron chi connectivity index (χ4n) is 4.65. The average Bonchev–Trinajstić information content (AvgIpc) is 3.48. The molecule has 2 fully saturated rings. The van der Waals surface area contributed by atoms with E-state index in [4.69, 9.17) is 12.2 Å². The Morgan fingerprint density at radius 3 is 2.50 bits per heavy atom. The van der Waals surface area contributed by atoms with Gasteiger partial charge >= 0.3 is 0 Å². The summed E-state index contributed by atoms with van der Waals surface area (Å²) in [5, 5.41) is 4.44. The van der Waals surface area contributed by atoms with Crippen LogP contribution in [0.5, 0.6) is 0 Å². The normalized spacial score (nSPS) is 22.6. The molecule has 1 aliphatic heterocycles. The predicted molar refractivity (Wildman–Crippen MR) is 115 cm³/mol. The van der Waals surface area contributed by atoms with Crippen molar-refractivity contribution in [3.05, 3.63) is 84.4 Å². The standard InChI is InChI=1S/C23H24N4S/c28-23-25-21(20-12-6-7-14-24-20)22(27(23)19-10-4-5-11-19)17-13-15-26(16-17)18-8-2-1-3-9-18/h1-3,6-9,12-16,19,21-22H,4-5,10-11H2,(H,25,28)/t21-,22-/m1/s1. The van der Waals surface area contributed by atoms with E-state index in [1.165, 1.54) is 36.9 Å². The van der Waals surface area contributed by atoms with Gasteiger partial charge in [0.05, 0.1) is 17.8 Å². The molecule has 0 unspecified atom stereocenters. The first kappa shape index (κ1) is 17.4. The molecule has 0 bridgehead atoms. The Balaban J connectivity index is 1.55. The molecule has 0 radical (unpaired) electrons. The molecule has 0 spiro atoms. The molecule has 2 aromatic heterocycles. The first-order valence-electron chi connectivity index (χ1n) is 10.0. The fraction of sp³-hybridized carbons (Fsp3) is 0.304. The lowest BCUT2D eigenvalue weighted by molar-refractivity contribution is 0.245. The van der Waals surface area contributed by atoms with Crippen LogP contribution in [0.15, 0.2) is 73.2 Å². The summed E-state index contributed by atoms with van der Waals surface area (Å²) in [4.78, 5) is 7.09. The molecular formula is C23H24N4S. The second-order valence-corrected chi connectivity index (χ2v) is 8.05. The molecule has 1 aromatic carbocycles. The minimum absolute atomic E-state index is 0.0703. The van der Waals surface area contributed by atoms with E-state index in [-0.39, 0.29) is 12.1 Å². The Hall–Kier alpha value is -2.66. The van der Waals surface area contributed by atoms with Gasteiger partial charge in [-0.25, -0.2) is 0 Å². The van der Waals surface area contributed by atoms with Crippen molar-refractivity contribution in [2.45, 2.75) is 43.8 Å².